The summed E-state index contributed by atoms with van der Waals surface area (Å²) in [6.45, 7) is 3.54. The van der Waals surface area contributed by atoms with Crippen molar-refractivity contribution in [2.45, 2.75) is 0 Å². The zero-order valence-corrected chi connectivity index (χ0v) is 14.9. The first-order valence-corrected chi connectivity index (χ1v) is 8.91. The molecule has 26 heavy (non-hydrogen) atoms. The standard InChI is InChI=1S/C22H24N4/c1-3-9-21(10-4-1)13-7-15-23-25-17-19-26(20-18-25)24-16-8-14-22-11-5-2-6-12-22/h1-16H,17-20H2/b13-7+,14-8+,23-15+,24-16+. The predicted octanol–water partition coefficient (Wildman–Crippen LogP) is 4.00. The zero-order chi connectivity index (χ0) is 17.9. The lowest BCUT2D eigenvalue weighted by atomic mass is 10.2. The Bertz CT molecular complexity index is 688. The second-order valence-corrected chi connectivity index (χ2v) is 5.98. The number of allylic oxidation sites excluding steroid dienone is 2. The van der Waals surface area contributed by atoms with Gasteiger partial charge in [0.05, 0.1) is 26.2 Å². The van der Waals surface area contributed by atoms with Crippen LogP contribution in [0.3, 0.4) is 0 Å². The Hall–Kier alpha value is -3.14. The number of nitrogens with zero attached hydrogens (tertiary/aromatic N) is 4. The Balaban J connectivity index is 1.38. The molecule has 4 heteroatoms. The van der Waals surface area contributed by atoms with Crippen molar-refractivity contribution < 1.29 is 0 Å². The quantitative estimate of drug-likeness (QED) is 0.742. The van der Waals surface area contributed by atoms with Gasteiger partial charge in [0, 0.05) is 12.4 Å². The SMILES string of the molecule is C(=C\c1ccccc1)/C=N/N1CCN(/N=C/C=C/c2ccccc2)CC1. The van der Waals surface area contributed by atoms with Crippen LogP contribution in [0.2, 0.25) is 0 Å². The molecule has 3 rings (SSSR count). The molecule has 0 radical (unpaired) electrons. The van der Waals surface area contributed by atoms with Gasteiger partial charge in [-0.15, -0.1) is 0 Å². The smallest absolute Gasteiger partial charge is 0.0553 e. The summed E-state index contributed by atoms with van der Waals surface area (Å²) in [5.74, 6) is 0. The van der Waals surface area contributed by atoms with E-state index >= 15 is 0 Å². The summed E-state index contributed by atoms with van der Waals surface area (Å²) < 4.78 is 0. The lowest BCUT2D eigenvalue weighted by Gasteiger charge is -2.30. The number of rotatable bonds is 6. The van der Waals surface area contributed by atoms with E-state index in [1.165, 1.54) is 11.1 Å². The molecule has 0 atom stereocenters. The van der Waals surface area contributed by atoms with Crippen LogP contribution in [0.15, 0.2) is 83.0 Å². The molecule has 1 saturated heterocycles. The van der Waals surface area contributed by atoms with Gasteiger partial charge in [-0.3, -0.25) is 10.0 Å². The number of hydrazone groups is 2. The van der Waals surface area contributed by atoms with Crippen molar-refractivity contribution >= 4 is 24.6 Å². The van der Waals surface area contributed by atoms with Crippen LogP contribution in [0.1, 0.15) is 11.1 Å². The van der Waals surface area contributed by atoms with Crippen LogP contribution < -0.4 is 0 Å². The van der Waals surface area contributed by atoms with Crippen molar-refractivity contribution in [3.05, 3.63) is 83.9 Å². The van der Waals surface area contributed by atoms with Gasteiger partial charge in [-0.25, -0.2) is 0 Å². The molecule has 0 spiro atoms. The summed E-state index contributed by atoms with van der Waals surface area (Å²) in [5.41, 5.74) is 2.36. The molecule has 0 aliphatic carbocycles. The van der Waals surface area contributed by atoms with E-state index < -0.39 is 0 Å². The molecule has 4 nitrogen and oxygen atoms in total. The van der Waals surface area contributed by atoms with Crippen LogP contribution in [0.5, 0.6) is 0 Å². The summed E-state index contributed by atoms with van der Waals surface area (Å²) in [6.07, 6.45) is 11.8. The Kier molecular flexibility index (Phi) is 6.79. The van der Waals surface area contributed by atoms with Crippen LogP contribution in [0.25, 0.3) is 12.2 Å². The normalized spacial score (nSPS) is 15.8. The maximum absolute atomic E-state index is 4.50. The Labute approximate surface area is 155 Å². The van der Waals surface area contributed by atoms with E-state index in [9.17, 15) is 0 Å². The lowest BCUT2D eigenvalue weighted by molar-refractivity contribution is 0.141. The highest BCUT2D eigenvalue weighted by Crippen LogP contribution is 2.04. The molecule has 0 aromatic heterocycles. The molecule has 2 aromatic rings. The van der Waals surface area contributed by atoms with Crippen LogP contribution in [0, 0.1) is 0 Å². The van der Waals surface area contributed by atoms with E-state index in [2.05, 4.69) is 56.6 Å². The van der Waals surface area contributed by atoms with Crippen LogP contribution in [-0.2, 0) is 0 Å². The summed E-state index contributed by atoms with van der Waals surface area (Å²) in [7, 11) is 0. The number of benzene rings is 2. The Morgan fingerprint density at radius 1 is 0.577 bits per heavy atom. The van der Waals surface area contributed by atoms with Crippen LogP contribution >= 0.6 is 0 Å². The largest absolute Gasteiger partial charge is 0.293 e. The van der Waals surface area contributed by atoms with Crippen molar-refractivity contribution in [3.8, 4) is 0 Å². The topological polar surface area (TPSA) is 31.2 Å². The average molecular weight is 344 g/mol. The summed E-state index contributed by atoms with van der Waals surface area (Å²) in [6, 6.07) is 20.5. The zero-order valence-electron chi connectivity index (χ0n) is 14.9. The predicted molar refractivity (Wildman–Crippen MR) is 111 cm³/mol. The Morgan fingerprint density at radius 3 is 1.35 bits per heavy atom. The third-order valence-corrected chi connectivity index (χ3v) is 4.04. The first-order valence-electron chi connectivity index (χ1n) is 8.91. The Morgan fingerprint density at radius 2 is 0.962 bits per heavy atom. The molecule has 0 unspecified atom stereocenters. The number of hydrogen-bond acceptors (Lipinski definition) is 4. The fourth-order valence-electron chi connectivity index (χ4n) is 2.62. The van der Waals surface area contributed by atoms with Crippen molar-refractivity contribution in [2.24, 2.45) is 10.2 Å². The first-order chi connectivity index (χ1) is 12.9. The molecule has 2 aromatic carbocycles. The van der Waals surface area contributed by atoms with Crippen molar-refractivity contribution in [1.82, 2.24) is 10.0 Å². The summed E-state index contributed by atoms with van der Waals surface area (Å²) >= 11 is 0. The minimum atomic E-state index is 0.884. The number of piperazine rings is 1. The fourth-order valence-corrected chi connectivity index (χ4v) is 2.62. The highest BCUT2D eigenvalue weighted by molar-refractivity contribution is 5.78. The highest BCUT2D eigenvalue weighted by Gasteiger charge is 2.12. The number of hydrogen-bond donors (Lipinski definition) is 0. The van der Waals surface area contributed by atoms with E-state index in [4.69, 9.17) is 0 Å². The molecule has 0 saturated carbocycles. The van der Waals surface area contributed by atoms with Gasteiger partial charge in [-0.2, -0.15) is 10.2 Å². The minimum Gasteiger partial charge on any atom is -0.293 e. The van der Waals surface area contributed by atoms with Gasteiger partial charge in [0.1, 0.15) is 0 Å². The molecule has 0 N–H and O–H groups in total. The maximum Gasteiger partial charge on any atom is 0.0553 e. The third-order valence-electron chi connectivity index (χ3n) is 4.04. The van der Waals surface area contributed by atoms with Crippen LogP contribution in [-0.4, -0.2) is 48.6 Å². The van der Waals surface area contributed by atoms with E-state index in [1.807, 2.05) is 61.0 Å². The van der Waals surface area contributed by atoms with Gasteiger partial charge >= 0.3 is 0 Å². The van der Waals surface area contributed by atoms with Crippen LogP contribution in [0.4, 0.5) is 0 Å². The summed E-state index contributed by atoms with van der Waals surface area (Å²) in [4.78, 5) is 0. The third kappa shape index (κ3) is 6.06. The fraction of sp³-hybridized carbons (Fsp3) is 0.182. The van der Waals surface area contributed by atoms with Crippen molar-refractivity contribution in [1.29, 1.82) is 0 Å². The molecular weight excluding hydrogens is 320 g/mol. The molecule has 0 amide bonds. The van der Waals surface area contributed by atoms with E-state index in [0.717, 1.165) is 26.2 Å². The highest BCUT2D eigenvalue weighted by atomic mass is 15.5. The van der Waals surface area contributed by atoms with Gasteiger partial charge in [0.25, 0.3) is 0 Å². The van der Waals surface area contributed by atoms with E-state index in [0.29, 0.717) is 0 Å². The van der Waals surface area contributed by atoms with E-state index in [1.54, 1.807) is 0 Å². The second kappa shape index (κ2) is 9.99. The monoisotopic (exact) mass is 344 g/mol. The first kappa shape index (κ1) is 17.7. The molecule has 1 heterocycles. The maximum atomic E-state index is 4.50. The average Bonchev–Trinajstić information content (AvgIpc) is 2.71. The van der Waals surface area contributed by atoms with Gasteiger partial charge in [0.15, 0.2) is 0 Å². The van der Waals surface area contributed by atoms with Crippen molar-refractivity contribution in [2.75, 3.05) is 26.2 Å². The molecule has 0 bridgehead atoms. The van der Waals surface area contributed by atoms with Gasteiger partial charge in [-0.05, 0) is 23.3 Å². The molecular formula is C22H24N4. The van der Waals surface area contributed by atoms with Crippen molar-refractivity contribution in [3.63, 3.8) is 0 Å². The molecule has 132 valence electrons. The lowest BCUT2D eigenvalue weighted by Crippen LogP contribution is -2.41. The molecule has 1 aliphatic heterocycles. The molecule has 1 aliphatic rings. The summed E-state index contributed by atoms with van der Waals surface area (Å²) in [5, 5.41) is 13.2. The minimum absolute atomic E-state index is 0.884. The second-order valence-electron chi connectivity index (χ2n) is 5.98. The molecule has 1 fully saturated rings. The van der Waals surface area contributed by atoms with E-state index in [-0.39, 0.29) is 0 Å². The van der Waals surface area contributed by atoms with Gasteiger partial charge < -0.3 is 0 Å². The van der Waals surface area contributed by atoms with Gasteiger partial charge in [-0.1, -0.05) is 72.8 Å². The van der Waals surface area contributed by atoms with Gasteiger partial charge in [0.2, 0.25) is 0 Å².